The van der Waals surface area contributed by atoms with Crippen LogP contribution >= 0.6 is 11.6 Å². The number of unbranched alkanes of at least 4 members (excludes halogenated alkanes) is 2. The molecular formula is C47H70ClN19O4. The molecule has 4 aromatic rings. The van der Waals surface area contributed by atoms with Gasteiger partial charge in [0.15, 0.2) is 0 Å². The summed E-state index contributed by atoms with van der Waals surface area (Å²) in [6, 6.07) is 9.71. The van der Waals surface area contributed by atoms with Gasteiger partial charge in [-0.1, -0.05) is 63.9 Å². The molecule has 0 atom stereocenters. The van der Waals surface area contributed by atoms with Crippen molar-refractivity contribution in [2.75, 3.05) is 158 Å². The van der Waals surface area contributed by atoms with Crippen molar-refractivity contribution in [2.45, 2.75) is 73.0 Å². The molecule has 384 valence electrons. The summed E-state index contributed by atoms with van der Waals surface area (Å²) < 4.78 is 11.2. The minimum atomic E-state index is -0.561. The Morgan fingerprint density at radius 1 is 0.563 bits per heavy atom. The number of carbonyl (C=O) groups excluding carboxylic acids is 2. The van der Waals surface area contributed by atoms with E-state index >= 15 is 0 Å². The van der Waals surface area contributed by atoms with Crippen molar-refractivity contribution in [3.63, 3.8) is 0 Å². The molecule has 23 nitrogen and oxygen atoms in total. The average Bonchev–Trinajstić information content (AvgIpc) is 3.38. The fraction of sp³-hybridized carbons (Fsp3) is 0.638. The van der Waals surface area contributed by atoms with Crippen LogP contribution in [-0.4, -0.2) is 190 Å². The molecule has 2 amide bonds. The van der Waals surface area contributed by atoms with Crippen molar-refractivity contribution in [1.82, 2.24) is 54.7 Å². The van der Waals surface area contributed by atoms with E-state index in [1.807, 2.05) is 56.0 Å². The number of nitrogens with zero attached hydrogens (tertiary/aromatic N) is 17. The summed E-state index contributed by atoms with van der Waals surface area (Å²) in [5.74, 6) is 4.87. The van der Waals surface area contributed by atoms with Crippen LogP contribution in [0.15, 0.2) is 30.3 Å². The van der Waals surface area contributed by atoms with Crippen molar-refractivity contribution in [3.05, 3.63) is 41.2 Å². The summed E-state index contributed by atoms with van der Waals surface area (Å²) in [4.78, 5) is 85.4. The van der Waals surface area contributed by atoms with E-state index in [1.165, 1.54) is 0 Å². The number of halogens is 1. The first-order chi connectivity index (χ1) is 34.3. The number of rotatable bonds is 16. The molecule has 0 unspecified atom stereocenters. The van der Waals surface area contributed by atoms with Gasteiger partial charge in [0.2, 0.25) is 52.9 Å². The third-order valence-corrected chi connectivity index (χ3v) is 12.6. The van der Waals surface area contributed by atoms with Crippen LogP contribution in [0, 0.1) is 5.92 Å². The first-order valence-electron chi connectivity index (χ1n) is 25.1. The second kappa shape index (κ2) is 23.6. The van der Waals surface area contributed by atoms with Crippen molar-refractivity contribution >= 4 is 71.4 Å². The topological polar surface area (TPSA) is 219 Å². The number of ether oxygens (including phenoxy) is 2. The molecule has 3 aromatic heterocycles. The molecule has 4 saturated heterocycles. The van der Waals surface area contributed by atoms with Crippen LogP contribution in [0.2, 0.25) is 5.28 Å². The zero-order chi connectivity index (χ0) is 49.9. The number of hydrogen-bond acceptors (Lipinski definition) is 21. The summed E-state index contributed by atoms with van der Waals surface area (Å²) in [6.45, 7) is 23.0. The Kier molecular flexibility index (Phi) is 16.9. The first kappa shape index (κ1) is 50.9. The Balaban J connectivity index is 0.899. The van der Waals surface area contributed by atoms with Crippen molar-refractivity contribution in [1.29, 1.82) is 0 Å². The highest BCUT2D eigenvalue weighted by Gasteiger charge is 2.31. The van der Waals surface area contributed by atoms with E-state index in [0.29, 0.717) is 165 Å². The predicted octanol–water partition coefficient (Wildman–Crippen LogP) is 4.73. The lowest BCUT2D eigenvalue weighted by atomic mass is 10.2. The van der Waals surface area contributed by atoms with Gasteiger partial charge in [-0.2, -0.15) is 44.9 Å². The Morgan fingerprint density at radius 3 is 1.37 bits per heavy atom. The average molecular weight is 1000 g/mol. The Morgan fingerprint density at radius 2 is 0.958 bits per heavy atom. The van der Waals surface area contributed by atoms with E-state index in [4.69, 9.17) is 56.0 Å². The summed E-state index contributed by atoms with van der Waals surface area (Å²) in [5.41, 5.74) is 0.393. The Labute approximate surface area is 421 Å². The second-order valence-electron chi connectivity index (χ2n) is 19.5. The summed E-state index contributed by atoms with van der Waals surface area (Å²) in [6.07, 6.45) is 2.60. The highest BCUT2D eigenvalue weighted by molar-refractivity contribution is 6.28. The molecule has 0 saturated carbocycles. The van der Waals surface area contributed by atoms with Gasteiger partial charge in [0, 0.05) is 118 Å². The van der Waals surface area contributed by atoms with E-state index < -0.39 is 5.60 Å². The number of aromatic nitrogens is 9. The van der Waals surface area contributed by atoms with Crippen molar-refractivity contribution in [3.8, 4) is 0 Å². The number of piperazine rings is 4. The lowest BCUT2D eigenvalue weighted by Gasteiger charge is -2.37. The lowest BCUT2D eigenvalue weighted by Crippen LogP contribution is -2.51. The fourth-order valence-corrected chi connectivity index (χ4v) is 8.59. The molecule has 4 aliphatic rings. The number of anilines is 8. The second-order valence-corrected chi connectivity index (χ2v) is 19.9. The highest BCUT2D eigenvalue weighted by Crippen LogP contribution is 2.26. The zero-order valence-corrected chi connectivity index (χ0v) is 42.9. The monoisotopic (exact) mass is 1000 g/mol. The largest absolute Gasteiger partial charge is 0.445 e. The van der Waals surface area contributed by atoms with Gasteiger partial charge in [-0.3, -0.25) is 0 Å². The molecule has 2 N–H and O–H groups in total. The smallest absolute Gasteiger partial charge is 0.410 e. The van der Waals surface area contributed by atoms with Gasteiger partial charge in [-0.05, 0) is 50.3 Å². The molecular weight excluding hydrogens is 930 g/mol. The SMILES string of the molecule is CCCCCNc1nc(N2CCN(C(=O)OCc3ccccc3)CC2)nc(N2CCN(c3nc(NCC(C)C)nc(N4CCN(c5nc(Cl)nc(N6CCN(C(=O)OC(C)(C)C)CC6)n5)CC4)n3)CC2)n1. The lowest BCUT2D eigenvalue weighted by molar-refractivity contribution is 0.0240. The van der Waals surface area contributed by atoms with E-state index in [0.717, 1.165) is 31.4 Å². The third-order valence-electron chi connectivity index (χ3n) is 12.5. The maximum atomic E-state index is 13.0. The molecule has 7 heterocycles. The molecule has 4 aliphatic heterocycles. The summed E-state index contributed by atoms with van der Waals surface area (Å²) in [5, 5.41) is 7.02. The number of hydrogen-bond donors (Lipinski definition) is 2. The molecule has 24 heteroatoms. The third kappa shape index (κ3) is 14.1. The maximum absolute atomic E-state index is 13.0. The number of nitrogens with one attached hydrogen (secondary N) is 2. The standard InChI is InChI=1S/C47H70ClN19O4/c1-7-8-12-15-49-37-53-41(58-42(54-37)65-24-28-66(29-25-65)45(68)70-33-35-13-10-9-11-14-35)62-20-22-64(23-21-62)44-56-38(50-32-34(2)3)55-43(59-44)63-18-16-60(17-19-63)39-51-36(48)52-40(57-39)61-26-30-67(31-27-61)46(69)71-47(4,5)6/h9-11,13-14,34H,7-8,12,15-33H2,1-6H3,(H,49,53,54,58)(H,50,55,56,59). The first-order valence-corrected chi connectivity index (χ1v) is 25.5. The predicted molar refractivity (Wildman–Crippen MR) is 275 cm³/mol. The maximum Gasteiger partial charge on any atom is 0.410 e. The van der Waals surface area contributed by atoms with Crippen LogP contribution in [0.5, 0.6) is 0 Å². The molecule has 0 bridgehead atoms. The molecule has 0 radical (unpaired) electrons. The van der Waals surface area contributed by atoms with E-state index in [2.05, 4.69) is 65.9 Å². The van der Waals surface area contributed by atoms with Gasteiger partial charge in [-0.25, -0.2) is 9.59 Å². The highest BCUT2D eigenvalue weighted by atomic mass is 35.5. The Hall–Kier alpha value is -6.52. The fourth-order valence-electron chi connectivity index (χ4n) is 8.44. The minimum absolute atomic E-state index is 0.120. The normalized spacial score (nSPS) is 17.0. The number of benzene rings is 1. The molecule has 4 fully saturated rings. The van der Waals surface area contributed by atoms with E-state index in [-0.39, 0.29) is 24.1 Å². The van der Waals surface area contributed by atoms with Crippen molar-refractivity contribution < 1.29 is 19.1 Å². The van der Waals surface area contributed by atoms with Gasteiger partial charge in [-0.15, -0.1) is 0 Å². The molecule has 0 aliphatic carbocycles. The summed E-state index contributed by atoms with van der Waals surface area (Å²) in [7, 11) is 0. The van der Waals surface area contributed by atoms with Crippen LogP contribution in [-0.2, 0) is 16.1 Å². The quantitative estimate of drug-likeness (QED) is 0.145. The number of carbonyl (C=O) groups is 2. The molecule has 1 aromatic carbocycles. The van der Waals surface area contributed by atoms with E-state index in [1.54, 1.807) is 9.80 Å². The molecule has 0 spiro atoms. The summed E-state index contributed by atoms with van der Waals surface area (Å²) >= 11 is 6.50. The van der Waals surface area contributed by atoms with Crippen LogP contribution in [0.4, 0.5) is 57.2 Å². The van der Waals surface area contributed by atoms with Crippen LogP contribution in [0.25, 0.3) is 0 Å². The van der Waals surface area contributed by atoms with Gasteiger partial charge in [0.25, 0.3) is 0 Å². The van der Waals surface area contributed by atoms with Crippen LogP contribution in [0.3, 0.4) is 0 Å². The van der Waals surface area contributed by atoms with Crippen LogP contribution < -0.4 is 40.0 Å². The van der Waals surface area contributed by atoms with Gasteiger partial charge in [0.1, 0.15) is 12.2 Å². The molecule has 71 heavy (non-hydrogen) atoms. The molecule has 8 rings (SSSR count). The zero-order valence-electron chi connectivity index (χ0n) is 42.1. The van der Waals surface area contributed by atoms with Gasteiger partial charge in [0.05, 0.1) is 0 Å². The van der Waals surface area contributed by atoms with Crippen molar-refractivity contribution in [2.24, 2.45) is 5.92 Å². The van der Waals surface area contributed by atoms with Crippen LogP contribution in [0.1, 0.15) is 66.4 Å². The number of amides is 2. The minimum Gasteiger partial charge on any atom is -0.445 e. The van der Waals surface area contributed by atoms with Gasteiger partial charge >= 0.3 is 12.2 Å². The van der Waals surface area contributed by atoms with Gasteiger partial charge < -0.3 is 59.3 Å². The van der Waals surface area contributed by atoms with E-state index in [9.17, 15) is 9.59 Å². The Bertz CT molecular complexity index is 2370.